The monoisotopic (exact) mass is 356 g/mol. The molecule has 7 heteroatoms. The number of halogens is 2. The van der Waals surface area contributed by atoms with Crippen LogP contribution in [-0.4, -0.2) is 20.9 Å². The Bertz CT molecular complexity index is 639. The topological polar surface area (TPSA) is 41.9 Å². The van der Waals surface area contributed by atoms with E-state index in [1.807, 2.05) is 24.3 Å². The Balaban J connectivity index is 2.01. The summed E-state index contributed by atoms with van der Waals surface area (Å²) < 4.78 is 1.76. The van der Waals surface area contributed by atoms with Gasteiger partial charge in [0.25, 0.3) is 0 Å². The van der Waals surface area contributed by atoms with E-state index in [2.05, 4.69) is 29.6 Å². The second-order valence-corrected chi connectivity index (χ2v) is 6.31. The molecule has 0 spiro atoms. The van der Waals surface area contributed by atoms with Gasteiger partial charge < -0.3 is 10.6 Å². The van der Waals surface area contributed by atoms with Crippen LogP contribution in [0.2, 0.25) is 10.0 Å². The zero-order valence-electron chi connectivity index (χ0n) is 12.4. The van der Waals surface area contributed by atoms with Crippen LogP contribution in [0.3, 0.4) is 0 Å². The van der Waals surface area contributed by atoms with Gasteiger partial charge in [0.2, 0.25) is 0 Å². The van der Waals surface area contributed by atoms with Gasteiger partial charge in [0, 0.05) is 17.3 Å². The Hall–Kier alpha value is -1.30. The first kappa shape index (κ1) is 17.1. The highest BCUT2D eigenvalue weighted by molar-refractivity contribution is 7.80. The molecule has 0 amide bonds. The molecule has 1 atom stereocenters. The van der Waals surface area contributed by atoms with Crippen molar-refractivity contribution in [2.24, 2.45) is 0 Å². The number of anilines is 1. The van der Waals surface area contributed by atoms with Crippen LogP contribution in [0.25, 0.3) is 0 Å². The van der Waals surface area contributed by atoms with Gasteiger partial charge in [-0.25, -0.2) is 0 Å². The van der Waals surface area contributed by atoms with Crippen molar-refractivity contribution in [3.63, 3.8) is 0 Å². The van der Waals surface area contributed by atoms with E-state index in [0.29, 0.717) is 33.6 Å². The second-order valence-electron chi connectivity index (χ2n) is 5.06. The molecule has 2 aromatic rings. The van der Waals surface area contributed by atoms with E-state index in [1.165, 1.54) is 0 Å². The van der Waals surface area contributed by atoms with E-state index < -0.39 is 0 Å². The summed E-state index contributed by atoms with van der Waals surface area (Å²) >= 11 is 17.3. The molecule has 0 bridgehead atoms. The lowest BCUT2D eigenvalue weighted by Gasteiger charge is -2.14. The third kappa shape index (κ3) is 4.87. The molecule has 0 aliphatic heterocycles. The van der Waals surface area contributed by atoms with Gasteiger partial charge in [-0.1, -0.05) is 42.3 Å². The molecule has 0 saturated carbocycles. The standard InChI is InChI=1S/C15H18Cl2N4S/c1-3-10(2)18-15(22)19-14-13(17)9-21(20-14)8-11-4-6-12(16)7-5-11/h4-7,9-10H,3,8H2,1-2H3,(H2,18,19,20,22). The molecule has 118 valence electrons. The van der Waals surface area contributed by atoms with E-state index in [-0.39, 0.29) is 0 Å². The summed E-state index contributed by atoms with van der Waals surface area (Å²) in [5.74, 6) is 0.552. The third-order valence-electron chi connectivity index (χ3n) is 3.20. The maximum Gasteiger partial charge on any atom is 0.173 e. The van der Waals surface area contributed by atoms with E-state index in [0.717, 1.165) is 12.0 Å². The lowest BCUT2D eigenvalue weighted by atomic mass is 10.2. The summed E-state index contributed by atoms with van der Waals surface area (Å²) in [5, 5.41) is 12.4. The predicted molar refractivity (Wildman–Crippen MR) is 96.9 cm³/mol. The second kappa shape index (κ2) is 7.81. The van der Waals surface area contributed by atoms with Crippen molar-refractivity contribution in [2.75, 3.05) is 5.32 Å². The lowest BCUT2D eigenvalue weighted by Crippen LogP contribution is -2.35. The fraction of sp³-hybridized carbons (Fsp3) is 0.333. The molecular formula is C15H18Cl2N4S. The van der Waals surface area contributed by atoms with Gasteiger partial charge in [-0.3, -0.25) is 4.68 Å². The molecule has 2 N–H and O–H groups in total. The zero-order chi connectivity index (χ0) is 16.1. The third-order valence-corrected chi connectivity index (χ3v) is 3.95. The number of rotatable bonds is 5. The van der Waals surface area contributed by atoms with Gasteiger partial charge >= 0.3 is 0 Å². The average molecular weight is 357 g/mol. The molecule has 0 aliphatic carbocycles. The van der Waals surface area contributed by atoms with Crippen LogP contribution in [0.15, 0.2) is 30.5 Å². The fourth-order valence-electron chi connectivity index (χ4n) is 1.81. The molecule has 1 aromatic heterocycles. The molecular weight excluding hydrogens is 339 g/mol. The maximum absolute atomic E-state index is 6.20. The number of nitrogens with zero attached hydrogens (tertiary/aromatic N) is 2. The Morgan fingerprint density at radius 3 is 2.64 bits per heavy atom. The fourth-order valence-corrected chi connectivity index (χ4v) is 2.43. The van der Waals surface area contributed by atoms with Crippen molar-refractivity contribution in [3.05, 3.63) is 46.1 Å². The first-order chi connectivity index (χ1) is 10.5. The van der Waals surface area contributed by atoms with Crippen molar-refractivity contribution in [1.82, 2.24) is 15.1 Å². The van der Waals surface area contributed by atoms with Crippen molar-refractivity contribution in [3.8, 4) is 0 Å². The van der Waals surface area contributed by atoms with Crippen molar-refractivity contribution in [2.45, 2.75) is 32.9 Å². The zero-order valence-corrected chi connectivity index (χ0v) is 14.8. The molecule has 0 radical (unpaired) electrons. The lowest BCUT2D eigenvalue weighted by molar-refractivity contribution is 0.645. The summed E-state index contributed by atoms with van der Waals surface area (Å²) in [5.41, 5.74) is 1.09. The van der Waals surface area contributed by atoms with E-state index in [4.69, 9.17) is 35.4 Å². The van der Waals surface area contributed by atoms with Gasteiger partial charge in [-0.05, 0) is 43.3 Å². The number of hydrogen-bond acceptors (Lipinski definition) is 2. The van der Waals surface area contributed by atoms with Crippen LogP contribution >= 0.6 is 35.4 Å². The smallest absolute Gasteiger partial charge is 0.173 e. The highest BCUT2D eigenvalue weighted by Gasteiger charge is 2.10. The quantitative estimate of drug-likeness (QED) is 0.782. The van der Waals surface area contributed by atoms with Gasteiger partial charge in [-0.2, -0.15) is 5.10 Å². The van der Waals surface area contributed by atoms with E-state index >= 15 is 0 Å². The van der Waals surface area contributed by atoms with Gasteiger partial charge in [-0.15, -0.1) is 0 Å². The maximum atomic E-state index is 6.20. The van der Waals surface area contributed by atoms with E-state index in [1.54, 1.807) is 10.9 Å². The Kier molecular flexibility index (Phi) is 6.06. The molecule has 4 nitrogen and oxygen atoms in total. The molecule has 1 unspecified atom stereocenters. The summed E-state index contributed by atoms with van der Waals surface area (Å²) in [7, 11) is 0. The van der Waals surface area contributed by atoms with E-state index in [9.17, 15) is 0 Å². The van der Waals surface area contributed by atoms with Crippen molar-refractivity contribution < 1.29 is 0 Å². The molecule has 0 aliphatic rings. The summed E-state index contributed by atoms with van der Waals surface area (Å²) in [6.45, 7) is 4.77. The normalized spacial score (nSPS) is 12.0. The number of nitrogens with one attached hydrogen (secondary N) is 2. The number of benzene rings is 1. The van der Waals surface area contributed by atoms with Crippen LogP contribution in [0.1, 0.15) is 25.8 Å². The Labute approximate surface area is 145 Å². The highest BCUT2D eigenvalue weighted by atomic mass is 35.5. The first-order valence-corrected chi connectivity index (χ1v) is 8.19. The van der Waals surface area contributed by atoms with Crippen LogP contribution in [0.5, 0.6) is 0 Å². The van der Waals surface area contributed by atoms with Crippen LogP contribution in [0, 0.1) is 0 Å². The van der Waals surface area contributed by atoms with Crippen molar-refractivity contribution >= 4 is 46.4 Å². The Morgan fingerprint density at radius 1 is 1.32 bits per heavy atom. The van der Waals surface area contributed by atoms with Gasteiger partial charge in [0.15, 0.2) is 10.9 Å². The predicted octanol–water partition coefficient (Wildman–Crippen LogP) is 4.32. The van der Waals surface area contributed by atoms with Crippen LogP contribution < -0.4 is 10.6 Å². The summed E-state index contributed by atoms with van der Waals surface area (Å²) in [6.07, 6.45) is 2.75. The molecule has 0 saturated heterocycles. The SMILES string of the molecule is CCC(C)NC(=S)Nc1nn(Cc2ccc(Cl)cc2)cc1Cl. The molecule has 2 rings (SSSR count). The minimum atomic E-state index is 0.301. The minimum Gasteiger partial charge on any atom is -0.360 e. The summed E-state index contributed by atoms with van der Waals surface area (Å²) in [6, 6.07) is 7.92. The molecule has 22 heavy (non-hydrogen) atoms. The van der Waals surface area contributed by atoms with Gasteiger partial charge in [0.05, 0.1) is 6.54 Å². The van der Waals surface area contributed by atoms with Gasteiger partial charge in [0.1, 0.15) is 5.02 Å². The van der Waals surface area contributed by atoms with Crippen LogP contribution in [0.4, 0.5) is 5.82 Å². The molecule has 1 heterocycles. The largest absolute Gasteiger partial charge is 0.360 e. The first-order valence-electron chi connectivity index (χ1n) is 7.03. The minimum absolute atomic E-state index is 0.301. The molecule has 0 fully saturated rings. The average Bonchev–Trinajstić information content (AvgIpc) is 2.81. The number of hydrogen-bond donors (Lipinski definition) is 2. The van der Waals surface area contributed by atoms with Crippen molar-refractivity contribution in [1.29, 1.82) is 0 Å². The molecule has 1 aromatic carbocycles. The number of thiocarbonyl (C=S) groups is 1. The highest BCUT2D eigenvalue weighted by Crippen LogP contribution is 2.20. The number of aromatic nitrogens is 2. The van der Waals surface area contributed by atoms with Crippen LogP contribution in [-0.2, 0) is 6.54 Å². The summed E-state index contributed by atoms with van der Waals surface area (Å²) in [4.78, 5) is 0. The Morgan fingerprint density at radius 2 is 2.00 bits per heavy atom.